The quantitative estimate of drug-likeness (QED) is 0.790. The molecule has 27 heavy (non-hydrogen) atoms. The van der Waals surface area contributed by atoms with E-state index in [0.717, 1.165) is 31.8 Å². The van der Waals surface area contributed by atoms with Gasteiger partial charge in [0.2, 0.25) is 5.95 Å². The molecule has 0 aliphatic carbocycles. The fourth-order valence-electron chi connectivity index (χ4n) is 3.41. The van der Waals surface area contributed by atoms with E-state index in [0.29, 0.717) is 47.2 Å². The summed E-state index contributed by atoms with van der Waals surface area (Å²) >= 11 is 7.65. The van der Waals surface area contributed by atoms with Crippen LogP contribution in [0.2, 0.25) is 5.02 Å². The SMILES string of the molecule is CN1CCC(c2nsc(-c3nc(N[C@@H]4CCOC[C@H]4O)ncc3Cl)n2)CC1. The van der Waals surface area contributed by atoms with Gasteiger partial charge in [0.15, 0.2) is 5.01 Å². The van der Waals surface area contributed by atoms with E-state index in [1.54, 1.807) is 6.20 Å². The highest BCUT2D eigenvalue weighted by Gasteiger charge is 2.26. The molecule has 2 aromatic heterocycles. The van der Waals surface area contributed by atoms with Gasteiger partial charge in [-0.05, 0) is 50.9 Å². The number of aliphatic hydroxyl groups is 1. The second kappa shape index (κ2) is 8.32. The molecular formula is C17H23ClN6O2S. The summed E-state index contributed by atoms with van der Waals surface area (Å²) in [6.07, 6.45) is 3.81. The minimum absolute atomic E-state index is 0.142. The third-order valence-electron chi connectivity index (χ3n) is 5.11. The second-order valence-electron chi connectivity index (χ2n) is 7.11. The Hall–Kier alpha value is -1.39. The lowest BCUT2D eigenvalue weighted by Gasteiger charge is -2.28. The van der Waals surface area contributed by atoms with Crippen molar-refractivity contribution in [3.8, 4) is 10.7 Å². The fourth-order valence-corrected chi connectivity index (χ4v) is 4.39. The molecule has 10 heteroatoms. The third-order valence-corrected chi connectivity index (χ3v) is 6.13. The highest BCUT2D eigenvalue weighted by molar-refractivity contribution is 7.09. The zero-order valence-electron chi connectivity index (χ0n) is 15.1. The molecule has 2 aromatic rings. The molecule has 4 rings (SSSR count). The predicted molar refractivity (Wildman–Crippen MR) is 104 cm³/mol. The minimum Gasteiger partial charge on any atom is -0.389 e. The Kier molecular flexibility index (Phi) is 5.84. The molecule has 0 bridgehead atoms. The van der Waals surface area contributed by atoms with E-state index in [9.17, 15) is 5.11 Å². The number of aliphatic hydroxyl groups excluding tert-OH is 1. The topological polar surface area (TPSA) is 96.3 Å². The Morgan fingerprint density at radius 2 is 2.11 bits per heavy atom. The fraction of sp³-hybridized carbons (Fsp3) is 0.647. The molecule has 8 nitrogen and oxygen atoms in total. The van der Waals surface area contributed by atoms with Crippen molar-refractivity contribution in [1.82, 2.24) is 24.2 Å². The van der Waals surface area contributed by atoms with E-state index in [1.165, 1.54) is 11.5 Å². The van der Waals surface area contributed by atoms with E-state index < -0.39 is 6.10 Å². The predicted octanol–water partition coefficient (Wildman–Crippen LogP) is 2.02. The van der Waals surface area contributed by atoms with Gasteiger partial charge >= 0.3 is 0 Å². The number of hydrogen-bond acceptors (Lipinski definition) is 9. The zero-order valence-corrected chi connectivity index (χ0v) is 16.7. The standard InChI is InChI=1S/C17H23ClN6O2S/c1-24-5-2-10(3-6-24)15-22-16(27-23-15)14-11(18)8-19-17(21-14)20-12-4-7-26-9-13(12)25/h8,10,12-13,25H,2-7,9H2,1H3,(H,19,20,21)/t12-,13-/m1/s1. The van der Waals surface area contributed by atoms with Crippen LogP contribution >= 0.6 is 23.1 Å². The smallest absolute Gasteiger partial charge is 0.223 e. The van der Waals surface area contributed by atoms with Crippen molar-refractivity contribution in [3.63, 3.8) is 0 Å². The van der Waals surface area contributed by atoms with Crippen LogP contribution in [0, 0.1) is 0 Å². The van der Waals surface area contributed by atoms with Gasteiger partial charge in [0.25, 0.3) is 0 Å². The number of halogens is 1. The van der Waals surface area contributed by atoms with Gasteiger partial charge < -0.3 is 20.1 Å². The molecule has 146 valence electrons. The summed E-state index contributed by atoms with van der Waals surface area (Å²) in [5.74, 6) is 1.70. The van der Waals surface area contributed by atoms with E-state index >= 15 is 0 Å². The first-order chi connectivity index (χ1) is 13.1. The molecular weight excluding hydrogens is 388 g/mol. The number of anilines is 1. The molecule has 2 aliphatic rings. The summed E-state index contributed by atoms with van der Waals surface area (Å²) in [7, 11) is 2.14. The van der Waals surface area contributed by atoms with Crippen LogP contribution in [0.15, 0.2) is 6.20 Å². The lowest BCUT2D eigenvalue weighted by atomic mass is 9.97. The van der Waals surface area contributed by atoms with Gasteiger partial charge in [0.05, 0.1) is 30.0 Å². The molecule has 2 saturated heterocycles. The lowest BCUT2D eigenvalue weighted by Crippen LogP contribution is -2.42. The highest BCUT2D eigenvalue weighted by atomic mass is 35.5. The maximum atomic E-state index is 10.0. The van der Waals surface area contributed by atoms with Crippen molar-refractivity contribution >= 4 is 29.1 Å². The Bertz CT molecular complexity index is 783. The van der Waals surface area contributed by atoms with Crippen LogP contribution in [-0.2, 0) is 4.74 Å². The van der Waals surface area contributed by atoms with Crippen molar-refractivity contribution in [2.24, 2.45) is 0 Å². The number of nitrogens with one attached hydrogen (secondary N) is 1. The number of aromatic nitrogens is 4. The molecule has 0 amide bonds. The van der Waals surface area contributed by atoms with Crippen molar-refractivity contribution < 1.29 is 9.84 Å². The van der Waals surface area contributed by atoms with Gasteiger partial charge in [0.1, 0.15) is 11.5 Å². The van der Waals surface area contributed by atoms with Gasteiger partial charge in [-0.25, -0.2) is 15.0 Å². The summed E-state index contributed by atoms with van der Waals surface area (Å²) < 4.78 is 9.81. The van der Waals surface area contributed by atoms with Gasteiger partial charge in [0, 0.05) is 12.5 Å². The molecule has 0 unspecified atom stereocenters. The number of ether oxygens (including phenoxy) is 1. The van der Waals surface area contributed by atoms with Crippen molar-refractivity contribution in [2.45, 2.75) is 37.3 Å². The van der Waals surface area contributed by atoms with Gasteiger partial charge in [-0.2, -0.15) is 4.37 Å². The molecule has 0 aromatic carbocycles. The zero-order chi connectivity index (χ0) is 18.8. The summed E-state index contributed by atoms with van der Waals surface area (Å²) in [4.78, 5) is 15.8. The largest absolute Gasteiger partial charge is 0.389 e. The summed E-state index contributed by atoms with van der Waals surface area (Å²) in [6, 6.07) is -0.142. The number of rotatable bonds is 4. The van der Waals surface area contributed by atoms with Gasteiger partial charge in [-0.3, -0.25) is 0 Å². The van der Waals surface area contributed by atoms with Crippen molar-refractivity contribution in [1.29, 1.82) is 0 Å². The number of piperidine rings is 1. The first kappa shape index (κ1) is 18.9. The summed E-state index contributed by atoms with van der Waals surface area (Å²) in [6.45, 7) is 3.05. The maximum Gasteiger partial charge on any atom is 0.223 e. The molecule has 0 radical (unpaired) electrons. The Morgan fingerprint density at radius 1 is 1.30 bits per heavy atom. The molecule has 0 saturated carbocycles. The molecule has 2 fully saturated rings. The van der Waals surface area contributed by atoms with E-state index in [-0.39, 0.29) is 6.04 Å². The van der Waals surface area contributed by atoms with Crippen LogP contribution in [0.4, 0.5) is 5.95 Å². The molecule has 0 spiro atoms. The van der Waals surface area contributed by atoms with Crippen LogP contribution in [-0.4, -0.2) is 74.8 Å². The van der Waals surface area contributed by atoms with Gasteiger partial charge in [-0.1, -0.05) is 11.6 Å². The van der Waals surface area contributed by atoms with E-state index in [2.05, 4.69) is 31.6 Å². The molecule has 2 aliphatic heterocycles. The lowest BCUT2D eigenvalue weighted by molar-refractivity contribution is -0.0136. The van der Waals surface area contributed by atoms with Crippen LogP contribution in [0.5, 0.6) is 0 Å². The van der Waals surface area contributed by atoms with E-state index in [1.807, 2.05) is 0 Å². The first-order valence-corrected chi connectivity index (χ1v) is 10.3. The van der Waals surface area contributed by atoms with Crippen LogP contribution in [0.1, 0.15) is 31.0 Å². The van der Waals surface area contributed by atoms with Crippen LogP contribution < -0.4 is 5.32 Å². The van der Waals surface area contributed by atoms with Crippen molar-refractivity contribution in [3.05, 3.63) is 17.0 Å². The maximum absolute atomic E-state index is 10.0. The molecule has 2 N–H and O–H groups in total. The van der Waals surface area contributed by atoms with Crippen molar-refractivity contribution in [2.75, 3.05) is 38.7 Å². The third kappa shape index (κ3) is 4.38. The van der Waals surface area contributed by atoms with E-state index in [4.69, 9.17) is 21.3 Å². The van der Waals surface area contributed by atoms with Crippen LogP contribution in [0.3, 0.4) is 0 Å². The van der Waals surface area contributed by atoms with Gasteiger partial charge in [-0.15, -0.1) is 0 Å². The first-order valence-electron chi connectivity index (χ1n) is 9.17. The Labute approximate surface area is 167 Å². The second-order valence-corrected chi connectivity index (χ2v) is 8.27. The Balaban J connectivity index is 1.51. The highest BCUT2D eigenvalue weighted by Crippen LogP contribution is 2.32. The number of hydrogen-bond donors (Lipinski definition) is 2. The Morgan fingerprint density at radius 3 is 2.89 bits per heavy atom. The number of likely N-dealkylation sites (tertiary alicyclic amines) is 1. The monoisotopic (exact) mass is 410 g/mol. The summed E-state index contributed by atoms with van der Waals surface area (Å²) in [5, 5.41) is 14.4. The average molecular weight is 411 g/mol. The number of nitrogens with zero attached hydrogens (tertiary/aromatic N) is 5. The van der Waals surface area contributed by atoms with Crippen LogP contribution in [0.25, 0.3) is 10.7 Å². The molecule has 4 heterocycles. The normalized spacial score (nSPS) is 24.9. The summed E-state index contributed by atoms with van der Waals surface area (Å²) in [5.41, 5.74) is 0.576. The molecule has 2 atom stereocenters. The average Bonchev–Trinajstić information content (AvgIpc) is 3.15. The minimum atomic E-state index is -0.584.